The predicted molar refractivity (Wildman–Crippen MR) is 78.3 cm³/mol. The van der Waals surface area contributed by atoms with Gasteiger partial charge in [-0.05, 0) is 26.3 Å². The third-order valence-corrected chi connectivity index (χ3v) is 3.68. The van der Waals surface area contributed by atoms with Crippen LogP contribution in [-0.2, 0) is 10.0 Å². The summed E-state index contributed by atoms with van der Waals surface area (Å²) in [6.07, 6.45) is 9.85. The van der Waals surface area contributed by atoms with Crippen molar-refractivity contribution in [1.82, 2.24) is 10.0 Å². The van der Waals surface area contributed by atoms with Gasteiger partial charge in [-0.1, -0.05) is 39.0 Å². The highest BCUT2D eigenvalue weighted by Gasteiger charge is 2.02. The molecule has 0 amide bonds. The number of unbranched alkanes of at least 4 members (excludes halogenated alkanes) is 4. The van der Waals surface area contributed by atoms with Crippen molar-refractivity contribution in [3.05, 3.63) is 0 Å². The summed E-state index contributed by atoms with van der Waals surface area (Å²) in [6.45, 7) is 5.83. The first-order chi connectivity index (χ1) is 8.45. The summed E-state index contributed by atoms with van der Waals surface area (Å²) in [6, 6.07) is 0.532. The molecule has 1 unspecified atom stereocenters. The molecule has 0 saturated heterocycles. The second-order valence-electron chi connectivity index (χ2n) is 5.08. The number of hydrogen-bond donors (Lipinski definition) is 2. The van der Waals surface area contributed by atoms with Crippen LogP contribution in [0.2, 0.25) is 0 Å². The average Bonchev–Trinajstić information content (AvgIpc) is 2.27. The van der Waals surface area contributed by atoms with Crippen LogP contribution in [0.3, 0.4) is 0 Å². The lowest BCUT2D eigenvalue weighted by atomic mass is 10.1. The number of hydrogen-bond acceptors (Lipinski definition) is 3. The van der Waals surface area contributed by atoms with Gasteiger partial charge in [-0.2, -0.15) is 0 Å². The molecule has 2 N–H and O–H groups in total. The lowest BCUT2D eigenvalue weighted by Gasteiger charge is -2.13. The second-order valence-corrected chi connectivity index (χ2v) is 6.91. The summed E-state index contributed by atoms with van der Waals surface area (Å²) in [5.74, 6) is 0. The van der Waals surface area contributed by atoms with Gasteiger partial charge < -0.3 is 5.32 Å². The summed E-state index contributed by atoms with van der Waals surface area (Å²) >= 11 is 0. The van der Waals surface area contributed by atoms with Gasteiger partial charge in [0.05, 0.1) is 6.26 Å². The van der Waals surface area contributed by atoms with E-state index in [0.29, 0.717) is 12.6 Å². The molecule has 0 heterocycles. The zero-order valence-corrected chi connectivity index (χ0v) is 13.0. The van der Waals surface area contributed by atoms with E-state index in [1.165, 1.54) is 44.8 Å². The van der Waals surface area contributed by atoms with Crippen molar-refractivity contribution in [2.45, 2.75) is 64.8 Å². The van der Waals surface area contributed by atoms with Crippen LogP contribution in [-0.4, -0.2) is 33.8 Å². The van der Waals surface area contributed by atoms with E-state index in [2.05, 4.69) is 23.9 Å². The van der Waals surface area contributed by atoms with E-state index in [1.807, 2.05) is 0 Å². The van der Waals surface area contributed by atoms with Crippen LogP contribution < -0.4 is 10.0 Å². The summed E-state index contributed by atoms with van der Waals surface area (Å²) in [7, 11) is -3.03. The molecular weight excluding hydrogens is 248 g/mol. The van der Waals surface area contributed by atoms with Crippen molar-refractivity contribution in [2.24, 2.45) is 0 Å². The van der Waals surface area contributed by atoms with Gasteiger partial charge in [0, 0.05) is 12.6 Å². The number of nitrogens with one attached hydrogen (secondary N) is 2. The predicted octanol–water partition coefficient (Wildman–Crippen LogP) is 2.26. The first-order valence-electron chi connectivity index (χ1n) is 7.13. The zero-order valence-electron chi connectivity index (χ0n) is 12.2. The molecule has 0 spiro atoms. The molecule has 0 aliphatic carbocycles. The van der Waals surface area contributed by atoms with Crippen molar-refractivity contribution in [3.63, 3.8) is 0 Å². The van der Waals surface area contributed by atoms with Gasteiger partial charge in [-0.25, -0.2) is 13.1 Å². The van der Waals surface area contributed by atoms with Crippen molar-refractivity contribution in [1.29, 1.82) is 0 Å². The third kappa shape index (κ3) is 13.9. The quantitative estimate of drug-likeness (QED) is 0.538. The molecule has 0 aromatic carbocycles. The molecule has 4 nitrogen and oxygen atoms in total. The lowest BCUT2D eigenvalue weighted by molar-refractivity contribution is 0.475. The van der Waals surface area contributed by atoms with Crippen LogP contribution in [0.15, 0.2) is 0 Å². The van der Waals surface area contributed by atoms with Crippen molar-refractivity contribution < 1.29 is 8.42 Å². The van der Waals surface area contributed by atoms with E-state index in [4.69, 9.17) is 0 Å². The maximum absolute atomic E-state index is 10.8. The fourth-order valence-electron chi connectivity index (χ4n) is 1.85. The Hall–Kier alpha value is -0.130. The lowest BCUT2D eigenvalue weighted by Crippen LogP contribution is -2.30. The van der Waals surface area contributed by atoms with Crippen molar-refractivity contribution in [3.8, 4) is 0 Å². The van der Waals surface area contributed by atoms with E-state index >= 15 is 0 Å². The van der Waals surface area contributed by atoms with Gasteiger partial charge in [-0.3, -0.25) is 0 Å². The molecule has 0 aromatic rings. The molecule has 0 saturated carbocycles. The second kappa shape index (κ2) is 10.8. The SMILES string of the molecule is CCCCCCCC(C)NCCCNS(C)(=O)=O. The summed E-state index contributed by atoms with van der Waals surface area (Å²) in [5, 5.41) is 3.42. The van der Waals surface area contributed by atoms with Crippen LogP contribution in [0.4, 0.5) is 0 Å². The average molecular weight is 278 g/mol. The molecular formula is C13H30N2O2S. The highest BCUT2D eigenvalue weighted by Crippen LogP contribution is 2.06. The van der Waals surface area contributed by atoms with Crippen molar-refractivity contribution in [2.75, 3.05) is 19.3 Å². The van der Waals surface area contributed by atoms with Gasteiger partial charge in [0.1, 0.15) is 0 Å². The van der Waals surface area contributed by atoms with Crippen LogP contribution in [0, 0.1) is 0 Å². The molecule has 0 fully saturated rings. The Kier molecular flexibility index (Phi) is 10.7. The molecule has 1 atom stereocenters. The summed E-state index contributed by atoms with van der Waals surface area (Å²) in [5.41, 5.74) is 0. The molecule has 0 aliphatic rings. The van der Waals surface area contributed by atoms with E-state index in [9.17, 15) is 8.42 Å². The minimum atomic E-state index is -3.03. The third-order valence-electron chi connectivity index (χ3n) is 2.95. The Bertz CT molecular complexity index is 279. The largest absolute Gasteiger partial charge is 0.314 e. The van der Waals surface area contributed by atoms with Gasteiger partial charge in [0.25, 0.3) is 0 Å². The molecule has 0 radical (unpaired) electrons. The Morgan fingerprint density at radius 1 is 1.00 bits per heavy atom. The highest BCUT2D eigenvalue weighted by atomic mass is 32.2. The van der Waals surface area contributed by atoms with Crippen LogP contribution in [0.25, 0.3) is 0 Å². The molecule has 18 heavy (non-hydrogen) atoms. The van der Waals surface area contributed by atoms with Crippen LogP contribution >= 0.6 is 0 Å². The van der Waals surface area contributed by atoms with Gasteiger partial charge >= 0.3 is 0 Å². The maximum Gasteiger partial charge on any atom is 0.208 e. The topological polar surface area (TPSA) is 58.2 Å². The normalized spacial score (nSPS) is 13.7. The van der Waals surface area contributed by atoms with E-state index in [-0.39, 0.29) is 0 Å². The van der Waals surface area contributed by atoms with E-state index in [1.54, 1.807) is 0 Å². The minimum Gasteiger partial charge on any atom is -0.314 e. The summed E-state index contributed by atoms with van der Waals surface area (Å²) < 4.78 is 24.1. The van der Waals surface area contributed by atoms with Crippen LogP contribution in [0.1, 0.15) is 58.8 Å². The Morgan fingerprint density at radius 2 is 1.67 bits per heavy atom. The molecule has 5 heteroatoms. The Morgan fingerprint density at radius 3 is 2.28 bits per heavy atom. The van der Waals surface area contributed by atoms with E-state index < -0.39 is 10.0 Å². The standard InChI is InChI=1S/C13H30N2O2S/c1-4-5-6-7-8-10-13(2)14-11-9-12-15-18(3,16)17/h13-15H,4-12H2,1-3H3. The first kappa shape index (κ1) is 17.9. The smallest absolute Gasteiger partial charge is 0.208 e. The first-order valence-corrected chi connectivity index (χ1v) is 9.03. The molecule has 0 bridgehead atoms. The number of rotatable bonds is 12. The monoisotopic (exact) mass is 278 g/mol. The molecule has 0 aromatic heterocycles. The Labute approximate surface area is 113 Å². The van der Waals surface area contributed by atoms with Gasteiger partial charge in [-0.15, -0.1) is 0 Å². The van der Waals surface area contributed by atoms with Crippen LogP contribution in [0.5, 0.6) is 0 Å². The molecule has 110 valence electrons. The van der Waals surface area contributed by atoms with Gasteiger partial charge in [0.15, 0.2) is 0 Å². The van der Waals surface area contributed by atoms with Gasteiger partial charge in [0.2, 0.25) is 10.0 Å². The Balaban J connectivity index is 3.29. The maximum atomic E-state index is 10.8. The van der Waals surface area contributed by atoms with Crippen molar-refractivity contribution >= 4 is 10.0 Å². The fourth-order valence-corrected chi connectivity index (χ4v) is 2.37. The summed E-state index contributed by atoms with van der Waals surface area (Å²) in [4.78, 5) is 0. The molecule has 0 rings (SSSR count). The fraction of sp³-hybridized carbons (Fsp3) is 1.00. The minimum absolute atomic E-state index is 0.523. The highest BCUT2D eigenvalue weighted by molar-refractivity contribution is 7.88. The zero-order chi connectivity index (χ0) is 13.9. The van der Waals surface area contributed by atoms with E-state index in [0.717, 1.165) is 13.0 Å². The molecule has 0 aliphatic heterocycles. The number of sulfonamides is 1.